The molecule has 0 aromatic heterocycles. The monoisotopic (exact) mass is 393 g/mol. The van der Waals surface area contributed by atoms with Gasteiger partial charge in [-0.3, -0.25) is 9.59 Å². The van der Waals surface area contributed by atoms with Gasteiger partial charge < -0.3 is 16.0 Å². The Labute approximate surface area is 168 Å². The van der Waals surface area contributed by atoms with E-state index in [1.807, 2.05) is 30.0 Å². The molecule has 3 rings (SSSR count). The van der Waals surface area contributed by atoms with E-state index in [4.69, 9.17) is 5.73 Å². The highest BCUT2D eigenvalue weighted by Gasteiger charge is 2.33. The summed E-state index contributed by atoms with van der Waals surface area (Å²) in [4.78, 5) is 27.0. The number of halogens is 1. The molecule has 1 heterocycles. The first-order chi connectivity index (χ1) is 12.5. The van der Waals surface area contributed by atoms with Gasteiger partial charge in [0.05, 0.1) is 0 Å². The van der Waals surface area contributed by atoms with Crippen LogP contribution in [0, 0.1) is 12.3 Å². The fourth-order valence-electron chi connectivity index (χ4n) is 4.33. The van der Waals surface area contributed by atoms with Crippen LogP contribution < -0.4 is 11.1 Å². The SMILES string of the molecule is Cc1cc(C(=O)N2CCCC2)ccc1NC(=O)CC1(CN)CCCCC1.Cl. The maximum absolute atomic E-state index is 12.6. The van der Waals surface area contributed by atoms with E-state index >= 15 is 0 Å². The summed E-state index contributed by atoms with van der Waals surface area (Å²) in [6.07, 6.45) is 8.31. The number of nitrogens with two attached hydrogens (primary N) is 1. The number of benzene rings is 1. The van der Waals surface area contributed by atoms with Crippen LogP contribution in [0.4, 0.5) is 5.69 Å². The molecule has 0 radical (unpaired) electrons. The number of rotatable bonds is 5. The molecule has 0 bridgehead atoms. The van der Waals surface area contributed by atoms with Crippen LogP contribution >= 0.6 is 12.4 Å². The first-order valence-corrected chi connectivity index (χ1v) is 9.93. The zero-order chi connectivity index (χ0) is 18.6. The molecule has 2 aliphatic rings. The molecule has 2 amide bonds. The van der Waals surface area contributed by atoms with Crippen molar-refractivity contribution in [1.29, 1.82) is 0 Å². The molecule has 0 unspecified atom stereocenters. The minimum Gasteiger partial charge on any atom is -0.339 e. The third-order valence-corrected chi connectivity index (χ3v) is 6.02. The lowest BCUT2D eigenvalue weighted by molar-refractivity contribution is -0.118. The summed E-state index contributed by atoms with van der Waals surface area (Å²) in [7, 11) is 0. The van der Waals surface area contributed by atoms with Gasteiger partial charge in [-0.25, -0.2) is 0 Å². The molecule has 2 fully saturated rings. The maximum Gasteiger partial charge on any atom is 0.253 e. The summed E-state index contributed by atoms with van der Waals surface area (Å²) >= 11 is 0. The largest absolute Gasteiger partial charge is 0.339 e. The molecule has 1 aromatic carbocycles. The van der Waals surface area contributed by atoms with Gasteiger partial charge in [-0.15, -0.1) is 12.4 Å². The smallest absolute Gasteiger partial charge is 0.253 e. The summed E-state index contributed by atoms with van der Waals surface area (Å²) in [5.74, 6) is 0.117. The van der Waals surface area contributed by atoms with Crippen LogP contribution in [0.1, 0.15) is 67.3 Å². The first kappa shape index (κ1) is 21.7. The minimum absolute atomic E-state index is 0. The van der Waals surface area contributed by atoms with Crippen molar-refractivity contribution < 1.29 is 9.59 Å². The third-order valence-electron chi connectivity index (χ3n) is 6.02. The number of nitrogens with zero attached hydrogens (tertiary/aromatic N) is 1. The van der Waals surface area contributed by atoms with Crippen LogP contribution in [-0.4, -0.2) is 36.3 Å². The molecule has 27 heavy (non-hydrogen) atoms. The van der Waals surface area contributed by atoms with Crippen LogP contribution in [0.5, 0.6) is 0 Å². The van der Waals surface area contributed by atoms with Crippen LogP contribution in [-0.2, 0) is 4.79 Å². The molecule has 6 heteroatoms. The van der Waals surface area contributed by atoms with Gasteiger partial charge in [-0.2, -0.15) is 0 Å². The molecular weight excluding hydrogens is 362 g/mol. The number of hydrogen-bond donors (Lipinski definition) is 2. The van der Waals surface area contributed by atoms with E-state index in [1.54, 1.807) is 0 Å². The van der Waals surface area contributed by atoms with Gasteiger partial charge in [0.2, 0.25) is 5.91 Å². The molecule has 1 aliphatic carbocycles. The fourth-order valence-corrected chi connectivity index (χ4v) is 4.33. The second-order valence-corrected chi connectivity index (χ2v) is 8.02. The summed E-state index contributed by atoms with van der Waals surface area (Å²) in [6, 6.07) is 5.56. The molecule has 3 N–H and O–H groups in total. The van der Waals surface area contributed by atoms with E-state index in [1.165, 1.54) is 6.42 Å². The highest BCUT2D eigenvalue weighted by molar-refractivity contribution is 5.96. The quantitative estimate of drug-likeness (QED) is 0.796. The molecule has 1 aromatic rings. The molecule has 1 aliphatic heterocycles. The Morgan fingerprint density at radius 2 is 1.78 bits per heavy atom. The zero-order valence-corrected chi connectivity index (χ0v) is 17.1. The molecule has 1 saturated carbocycles. The van der Waals surface area contributed by atoms with Gasteiger partial charge in [0.1, 0.15) is 0 Å². The predicted molar refractivity (Wildman–Crippen MR) is 111 cm³/mol. The number of likely N-dealkylation sites (tertiary alicyclic amines) is 1. The number of hydrogen-bond acceptors (Lipinski definition) is 3. The topological polar surface area (TPSA) is 75.4 Å². The van der Waals surface area contributed by atoms with Gasteiger partial charge in [-0.1, -0.05) is 19.3 Å². The molecule has 0 spiro atoms. The molecule has 150 valence electrons. The lowest BCUT2D eigenvalue weighted by atomic mass is 9.71. The second-order valence-electron chi connectivity index (χ2n) is 8.02. The second kappa shape index (κ2) is 9.56. The summed E-state index contributed by atoms with van der Waals surface area (Å²) in [5, 5.41) is 3.03. The zero-order valence-electron chi connectivity index (χ0n) is 16.3. The lowest BCUT2D eigenvalue weighted by Crippen LogP contribution is -2.36. The minimum atomic E-state index is -0.0398. The maximum atomic E-state index is 12.6. The van der Waals surface area contributed by atoms with Crippen molar-refractivity contribution in [3.8, 4) is 0 Å². The average molecular weight is 394 g/mol. The van der Waals surface area contributed by atoms with Gasteiger partial charge in [0, 0.05) is 30.8 Å². The molecular formula is C21H32ClN3O2. The van der Waals surface area contributed by atoms with Crippen molar-refractivity contribution in [3.05, 3.63) is 29.3 Å². The average Bonchev–Trinajstić information content (AvgIpc) is 3.18. The Bertz CT molecular complexity index is 665. The van der Waals surface area contributed by atoms with Crippen LogP contribution in [0.3, 0.4) is 0 Å². The van der Waals surface area contributed by atoms with Crippen molar-refractivity contribution in [2.24, 2.45) is 11.1 Å². The van der Waals surface area contributed by atoms with Crippen molar-refractivity contribution in [3.63, 3.8) is 0 Å². The Hall–Kier alpha value is -1.59. The van der Waals surface area contributed by atoms with Crippen LogP contribution in [0.15, 0.2) is 18.2 Å². The number of amides is 2. The van der Waals surface area contributed by atoms with Crippen LogP contribution in [0.2, 0.25) is 0 Å². The Morgan fingerprint density at radius 3 is 2.37 bits per heavy atom. The van der Waals surface area contributed by atoms with Gasteiger partial charge >= 0.3 is 0 Å². The normalized spacial score (nSPS) is 18.7. The number of carbonyl (C=O) groups is 2. The van der Waals surface area contributed by atoms with Gasteiger partial charge in [0.25, 0.3) is 5.91 Å². The highest BCUT2D eigenvalue weighted by atomic mass is 35.5. The van der Waals surface area contributed by atoms with E-state index in [-0.39, 0.29) is 29.6 Å². The van der Waals surface area contributed by atoms with E-state index in [9.17, 15) is 9.59 Å². The lowest BCUT2D eigenvalue weighted by Gasteiger charge is -2.35. The van der Waals surface area contributed by atoms with Crippen LogP contribution in [0.25, 0.3) is 0 Å². The number of carbonyl (C=O) groups excluding carboxylic acids is 2. The Morgan fingerprint density at radius 1 is 1.11 bits per heavy atom. The van der Waals surface area contributed by atoms with Gasteiger partial charge in [-0.05, 0) is 68.3 Å². The summed E-state index contributed by atoms with van der Waals surface area (Å²) < 4.78 is 0. The number of nitrogens with one attached hydrogen (secondary N) is 1. The van der Waals surface area contributed by atoms with E-state index in [2.05, 4.69) is 5.32 Å². The molecule has 0 atom stereocenters. The Kier molecular flexibility index (Phi) is 7.68. The number of anilines is 1. The fraction of sp³-hybridized carbons (Fsp3) is 0.619. The van der Waals surface area contributed by atoms with Gasteiger partial charge in [0.15, 0.2) is 0 Å². The Balaban J connectivity index is 0.00000261. The number of aryl methyl sites for hydroxylation is 1. The van der Waals surface area contributed by atoms with E-state index < -0.39 is 0 Å². The van der Waals surface area contributed by atoms with Crippen molar-refractivity contribution in [2.45, 2.75) is 58.3 Å². The standard InChI is InChI=1S/C21H31N3O2.ClH/c1-16-13-17(20(26)24-11-5-6-12-24)7-8-18(16)23-19(25)14-21(15-22)9-3-2-4-10-21;/h7-8,13H,2-6,9-12,14-15,22H2,1H3,(H,23,25);1H. The highest BCUT2D eigenvalue weighted by Crippen LogP contribution is 2.38. The van der Waals surface area contributed by atoms with Crippen molar-refractivity contribution in [1.82, 2.24) is 4.90 Å². The summed E-state index contributed by atoms with van der Waals surface area (Å²) in [6.45, 7) is 4.20. The summed E-state index contributed by atoms with van der Waals surface area (Å²) in [5.41, 5.74) is 8.38. The predicted octanol–water partition coefficient (Wildman–Crippen LogP) is 3.89. The van der Waals surface area contributed by atoms with E-state index in [0.717, 1.165) is 62.9 Å². The first-order valence-electron chi connectivity index (χ1n) is 9.93. The van der Waals surface area contributed by atoms with Crippen molar-refractivity contribution in [2.75, 3.05) is 25.0 Å². The van der Waals surface area contributed by atoms with Crippen molar-refractivity contribution >= 4 is 29.9 Å². The molecule has 5 nitrogen and oxygen atoms in total. The van der Waals surface area contributed by atoms with E-state index in [0.29, 0.717) is 18.5 Å². The third kappa shape index (κ3) is 5.23. The molecule has 1 saturated heterocycles.